The molecule has 0 unspecified atom stereocenters. The summed E-state index contributed by atoms with van der Waals surface area (Å²) in [5.74, 6) is 0.417. The van der Waals surface area contributed by atoms with E-state index in [-0.39, 0.29) is 5.97 Å². The number of carbonyl (C=O) groups is 1. The van der Waals surface area contributed by atoms with Gasteiger partial charge in [0, 0.05) is 5.57 Å². The Labute approximate surface area is 147 Å². The first-order valence-electron chi connectivity index (χ1n) is 9.19. The van der Waals surface area contributed by atoms with Gasteiger partial charge in [-0.15, -0.1) is 0 Å². The number of carbonyl (C=O) groups excluding carboxylic acids is 1. The second-order valence-electron chi connectivity index (χ2n) is 7.92. The van der Waals surface area contributed by atoms with Crippen LogP contribution in [0.3, 0.4) is 0 Å². The lowest BCUT2D eigenvalue weighted by Gasteiger charge is -2.37. The third-order valence-electron chi connectivity index (χ3n) is 5.77. The van der Waals surface area contributed by atoms with Gasteiger partial charge in [-0.25, -0.2) is 4.79 Å². The van der Waals surface area contributed by atoms with Gasteiger partial charge in [0.15, 0.2) is 0 Å². The van der Waals surface area contributed by atoms with Crippen molar-refractivity contribution in [3.05, 3.63) is 40.0 Å². The van der Waals surface area contributed by atoms with Crippen LogP contribution in [0.15, 0.2) is 12.2 Å². The van der Waals surface area contributed by atoms with Crippen molar-refractivity contribution in [2.45, 2.75) is 80.1 Å². The predicted octanol–water partition coefficient (Wildman–Crippen LogP) is 5.78. The van der Waals surface area contributed by atoms with E-state index in [9.17, 15) is 4.79 Å². The van der Waals surface area contributed by atoms with Crippen molar-refractivity contribution in [2.24, 2.45) is 5.41 Å². The van der Waals surface area contributed by atoms with Crippen LogP contribution in [0.2, 0.25) is 0 Å². The van der Waals surface area contributed by atoms with Crippen LogP contribution in [0.1, 0.15) is 74.3 Å². The van der Waals surface area contributed by atoms with Gasteiger partial charge < -0.3 is 4.74 Å². The maximum absolute atomic E-state index is 12.0. The minimum absolute atomic E-state index is 0.329. The molecule has 132 valence electrons. The summed E-state index contributed by atoms with van der Waals surface area (Å²) in [5, 5.41) is 0. The molecule has 0 saturated carbocycles. The number of esters is 1. The van der Waals surface area contributed by atoms with Crippen molar-refractivity contribution >= 4 is 5.97 Å². The Bertz CT molecular complexity index is 669. The number of ether oxygens (including phenoxy) is 1. The average Bonchev–Trinajstić information content (AvgIpc) is 2.54. The molecule has 2 nitrogen and oxygen atoms in total. The van der Waals surface area contributed by atoms with Crippen molar-refractivity contribution in [3.8, 4) is 5.75 Å². The normalized spacial score (nSPS) is 19.8. The van der Waals surface area contributed by atoms with E-state index in [2.05, 4.69) is 41.2 Å². The quantitative estimate of drug-likeness (QED) is 0.389. The molecule has 0 heterocycles. The van der Waals surface area contributed by atoms with Crippen LogP contribution in [-0.4, -0.2) is 5.97 Å². The Morgan fingerprint density at radius 2 is 1.83 bits per heavy atom. The fourth-order valence-electron chi connectivity index (χ4n) is 3.94. The van der Waals surface area contributed by atoms with E-state index in [4.69, 9.17) is 4.74 Å². The molecule has 0 spiro atoms. The van der Waals surface area contributed by atoms with E-state index < -0.39 is 0 Å². The minimum Gasteiger partial charge on any atom is -0.423 e. The van der Waals surface area contributed by atoms with Gasteiger partial charge in [0.2, 0.25) is 0 Å². The van der Waals surface area contributed by atoms with Crippen molar-refractivity contribution in [1.29, 1.82) is 0 Å². The summed E-state index contributed by atoms with van der Waals surface area (Å²) in [6.07, 6.45) is 7.31. The molecule has 2 rings (SSSR count). The number of fused-ring (bicyclic) bond motifs is 1. The molecule has 0 aromatic heterocycles. The van der Waals surface area contributed by atoms with Gasteiger partial charge >= 0.3 is 5.97 Å². The van der Waals surface area contributed by atoms with Gasteiger partial charge in [-0.3, -0.25) is 0 Å². The van der Waals surface area contributed by atoms with Crippen LogP contribution in [0.5, 0.6) is 5.75 Å². The van der Waals surface area contributed by atoms with Crippen molar-refractivity contribution < 1.29 is 9.53 Å². The number of benzene rings is 1. The maximum atomic E-state index is 12.0. The zero-order chi connectivity index (χ0) is 18.1. The predicted molar refractivity (Wildman–Crippen MR) is 101 cm³/mol. The molecule has 0 fully saturated rings. The zero-order valence-corrected chi connectivity index (χ0v) is 16.3. The maximum Gasteiger partial charge on any atom is 0.338 e. The first-order valence-corrected chi connectivity index (χ1v) is 9.19. The van der Waals surface area contributed by atoms with Crippen molar-refractivity contribution in [1.82, 2.24) is 0 Å². The molecule has 0 bridgehead atoms. The number of unbranched alkanes of at least 4 members (excludes halogenated alkanes) is 1. The first kappa shape index (κ1) is 18.8. The van der Waals surface area contributed by atoms with Gasteiger partial charge in [0.1, 0.15) is 5.75 Å². The monoisotopic (exact) mass is 328 g/mol. The highest BCUT2D eigenvalue weighted by molar-refractivity contribution is 5.89. The van der Waals surface area contributed by atoms with E-state index >= 15 is 0 Å². The lowest BCUT2D eigenvalue weighted by Crippen LogP contribution is -2.27. The molecule has 1 aliphatic carbocycles. The van der Waals surface area contributed by atoms with Crippen LogP contribution in [0, 0.1) is 26.2 Å². The zero-order valence-electron chi connectivity index (χ0n) is 16.3. The second kappa shape index (κ2) is 7.13. The Balaban J connectivity index is 2.42. The summed E-state index contributed by atoms with van der Waals surface area (Å²) in [6.45, 7) is 16.4. The van der Waals surface area contributed by atoms with Gasteiger partial charge in [0.25, 0.3) is 0 Å². The van der Waals surface area contributed by atoms with Crippen LogP contribution in [0.4, 0.5) is 0 Å². The van der Waals surface area contributed by atoms with E-state index in [0.29, 0.717) is 11.0 Å². The lowest BCUT2D eigenvalue weighted by atomic mass is 9.68. The first-order chi connectivity index (χ1) is 11.2. The molecule has 1 aromatic rings. The molecule has 0 saturated heterocycles. The standard InChI is InChI=1S/C22H32O2/c1-8-9-11-22(7)12-10-18-17(6)20(24-21(23)14(2)3)16(5)15(4)19(18)13-22/h2,8-13H2,1,3-7H3/t22-/m1/s1. The molecule has 24 heavy (non-hydrogen) atoms. The lowest BCUT2D eigenvalue weighted by molar-refractivity contribution is -0.130. The molecular formula is C22H32O2. The van der Waals surface area contributed by atoms with E-state index in [1.54, 1.807) is 6.92 Å². The number of rotatable bonds is 5. The molecule has 1 aromatic carbocycles. The third-order valence-corrected chi connectivity index (χ3v) is 5.77. The summed E-state index contributed by atoms with van der Waals surface area (Å²) in [6, 6.07) is 0. The van der Waals surface area contributed by atoms with Gasteiger partial charge in [0.05, 0.1) is 0 Å². The molecule has 0 radical (unpaired) electrons. The average molecular weight is 328 g/mol. The Hall–Kier alpha value is -1.57. The minimum atomic E-state index is -0.329. The largest absolute Gasteiger partial charge is 0.423 e. The Morgan fingerprint density at radius 3 is 2.42 bits per heavy atom. The van der Waals surface area contributed by atoms with Crippen molar-refractivity contribution in [3.63, 3.8) is 0 Å². The topological polar surface area (TPSA) is 26.3 Å². The van der Waals surface area contributed by atoms with Crippen molar-refractivity contribution in [2.75, 3.05) is 0 Å². The fraction of sp³-hybridized carbons (Fsp3) is 0.591. The Morgan fingerprint density at radius 1 is 1.17 bits per heavy atom. The summed E-state index contributed by atoms with van der Waals surface area (Å²) in [5.41, 5.74) is 7.27. The van der Waals surface area contributed by atoms with E-state index in [0.717, 1.165) is 29.7 Å². The molecule has 1 atom stereocenters. The molecule has 0 amide bonds. The SMILES string of the molecule is C=C(C)C(=O)Oc1c(C)c(C)c2c(c1C)CC[C@@](C)(CCCC)C2. The van der Waals surface area contributed by atoms with Crippen LogP contribution >= 0.6 is 0 Å². The second-order valence-corrected chi connectivity index (χ2v) is 7.92. The Kier molecular flexibility index (Phi) is 5.57. The number of hydrogen-bond acceptors (Lipinski definition) is 2. The molecule has 2 heteroatoms. The third kappa shape index (κ3) is 3.58. The molecule has 0 aliphatic heterocycles. The summed E-state index contributed by atoms with van der Waals surface area (Å²) in [7, 11) is 0. The van der Waals surface area contributed by atoms with Crippen LogP contribution < -0.4 is 4.74 Å². The fourth-order valence-corrected chi connectivity index (χ4v) is 3.94. The highest BCUT2D eigenvalue weighted by Gasteiger charge is 2.32. The molecule has 0 N–H and O–H groups in total. The summed E-state index contributed by atoms with van der Waals surface area (Å²) < 4.78 is 5.66. The van der Waals surface area contributed by atoms with Gasteiger partial charge in [-0.1, -0.05) is 33.3 Å². The molecule has 1 aliphatic rings. The van der Waals surface area contributed by atoms with Gasteiger partial charge in [-0.2, -0.15) is 0 Å². The highest BCUT2D eigenvalue weighted by atomic mass is 16.5. The number of hydrogen-bond donors (Lipinski definition) is 0. The van der Waals surface area contributed by atoms with Crippen LogP contribution in [0.25, 0.3) is 0 Å². The summed E-state index contributed by atoms with van der Waals surface area (Å²) >= 11 is 0. The van der Waals surface area contributed by atoms with Gasteiger partial charge in [-0.05, 0) is 86.6 Å². The summed E-state index contributed by atoms with van der Waals surface area (Å²) in [4.78, 5) is 12.0. The highest BCUT2D eigenvalue weighted by Crippen LogP contribution is 2.44. The van der Waals surface area contributed by atoms with E-state index in [1.165, 1.54) is 42.4 Å². The van der Waals surface area contributed by atoms with E-state index in [1.807, 2.05) is 0 Å². The van der Waals surface area contributed by atoms with Crippen LogP contribution in [-0.2, 0) is 17.6 Å². The smallest absolute Gasteiger partial charge is 0.338 e. The molecular weight excluding hydrogens is 296 g/mol.